The Balaban J connectivity index is 1.47. The fraction of sp³-hybridized carbons (Fsp3) is 0.708. The van der Waals surface area contributed by atoms with E-state index in [0.717, 1.165) is 71.4 Å². The number of nitrogens with one attached hydrogen (secondary N) is 2. The molecular formula is C24H38N4O2. The van der Waals surface area contributed by atoms with Gasteiger partial charge >= 0.3 is 0 Å². The molecule has 0 bridgehead atoms. The van der Waals surface area contributed by atoms with Gasteiger partial charge in [0.1, 0.15) is 0 Å². The van der Waals surface area contributed by atoms with Gasteiger partial charge in [-0.3, -0.25) is 4.99 Å². The summed E-state index contributed by atoms with van der Waals surface area (Å²) >= 11 is 0. The molecule has 1 spiro atoms. The molecule has 3 saturated heterocycles. The van der Waals surface area contributed by atoms with Crippen molar-refractivity contribution in [3.8, 4) is 0 Å². The fourth-order valence-electron chi connectivity index (χ4n) is 5.13. The topological polar surface area (TPSA) is 58.1 Å². The number of hydrogen-bond acceptors (Lipinski definition) is 4. The second-order valence-electron chi connectivity index (χ2n) is 9.31. The van der Waals surface area contributed by atoms with Crippen LogP contribution in [0.3, 0.4) is 0 Å². The maximum Gasteiger partial charge on any atom is 0.194 e. The molecule has 2 unspecified atom stereocenters. The first kappa shape index (κ1) is 21.6. The van der Waals surface area contributed by atoms with Crippen molar-refractivity contribution < 1.29 is 9.47 Å². The van der Waals surface area contributed by atoms with E-state index in [9.17, 15) is 0 Å². The molecule has 0 radical (unpaired) electrons. The van der Waals surface area contributed by atoms with Crippen molar-refractivity contribution in [2.24, 2.45) is 10.4 Å². The zero-order valence-electron chi connectivity index (χ0n) is 18.7. The lowest BCUT2D eigenvalue weighted by atomic mass is 9.87. The first-order chi connectivity index (χ1) is 14.6. The highest BCUT2D eigenvalue weighted by molar-refractivity contribution is 5.80. The van der Waals surface area contributed by atoms with Crippen molar-refractivity contribution in [1.29, 1.82) is 0 Å². The first-order valence-electron chi connectivity index (χ1n) is 11.7. The Morgan fingerprint density at radius 3 is 2.57 bits per heavy atom. The summed E-state index contributed by atoms with van der Waals surface area (Å²) in [6.45, 7) is 11.6. The summed E-state index contributed by atoms with van der Waals surface area (Å²) in [5.41, 5.74) is 1.64. The lowest BCUT2D eigenvalue weighted by molar-refractivity contribution is 0.0373. The molecule has 2 N–H and O–H groups in total. The maximum atomic E-state index is 5.72. The normalized spacial score (nSPS) is 27.5. The number of aliphatic imine (C=N–C) groups is 1. The van der Waals surface area contributed by atoms with Gasteiger partial charge < -0.3 is 25.0 Å². The van der Waals surface area contributed by atoms with E-state index in [1.54, 1.807) is 0 Å². The smallest absolute Gasteiger partial charge is 0.194 e. The van der Waals surface area contributed by atoms with E-state index < -0.39 is 0 Å². The molecule has 3 aliphatic rings. The Morgan fingerprint density at radius 2 is 1.87 bits per heavy atom. The first-order valence-corrected chi connectivity index (χ1v) is 11.7. The Morgan fingerprint density at radius 1 is 1.10 bits per heavy atom. The Bertz CT molecular complexity index is 696. The third-order valence-corrected chi connectivity index (χ3v) is 7.06. The largest absolute Gasteiger partial charge is 0.381 e. The molecule has 0 amide bonds. The second kappa shape index (κ2) is 9.67. The number of rotatable bonds is 6. The van der Waals surface area contributed by atoms with Gasteiger partial charge in [-0.15, -0.1) is 0 Å². The minimum absolute atomic E-state index is 0.0257. The number of ether oxygens (including phenoxy) is 2. The quantitative estimate of drug-likeness (QED) is 0.554. The average Bonchev–Trinajstić information content (AvgIpc) is 3.42. The van der Waals surface area contributed by atoms with E-state index in [1.165, 1.54) is 18.4 Å². The summed E-state index contributed by atoms with van der Waals surface area (Å²) in [6.07, 6.45) is 4.37. The van der Waals surface area contributed by atoms with E-state index in [-0.39, 0.29) is 11.6 Å². The van der Waals surface area contributed by atoms with Gasteiger partial charge in [-0.2, -0.15) is 0 Å². The fourth-order valence-corrected chi connectivity index (χ4v) is 5.13. The van der Waals surface area contributed by atoms with Crippen LogP contribution in [0.2, 0.25) is 0 Å². The van der Waals surface area contributed by atoms with E-state index >= 15 is 0 Å². The van der Waals surface area contributed by atoms with E-state index in [0.29, 0.717) is 5.41 Å². The lowest BCUT2D eigenvalue weighted by Gasteiger charge is -2.40. The second-order valence-corrected chi connectivity index (χ2v) is 9.31. The summed E-state index contributed by atoms with van der Waals surface area (Å²) in [5, 5.41) is 7.48. The predicted octanol–water partition coefficient (Wildman–Crippen LogP) is 2.96. The van der Waals surface area contributed by atoms with Crippen molar-refractivity contribution in [3.63, 3.8) is 0 Å². The van der Waals surface area contributed by atoms with Gasteiger partial charge in [0.2, 0.25) is 0 Å². The highest BCUT2D eigenvalue weighted by atomic mass is 16.5. The number of guanidine groups is 1. The molecule has 1 aromatic rings. The van der Waals surface area contributed by atoms with Crippen LogP contribution < -0.4 is 10.6 Å². The van der Waals surface area contributed by atoms with Crippen LogP contribution in [0.25, 0.3) is 0 Å². The molecule has 4 rings (SSSR count). The van der Waals surface area contributed by atoms with Gasteiger partial charge in [-0.1, -0.05) is 30.3 Å². The summed E-state index contributed by atoms with van der Waals surface area (Å²) in [6, 6.07) is 11.0. The molecule has 3 aliphatic heterocycles. The monoisotopic (exact) mass is 414 g/mol. The minimum atomic E-state index is -0.0257. The van der Waals surface area contributed by atoms with Crippen molar-refractivity contribution >= 4 is 5.96 Å². The number of likely N-dealkylation sites (tertiary alicyclic amines) is 1. The molecule has 3 heterocycles. The molecule has 1 aromatic carbocycles. The number of nitrogens with zero attached hydrogens (tertiary/aromatic N) is 2. The molecule has 6 heteroatoms. The van der Waals surface area contributed by atoms with Crippen LogP contribution >= 0.6 is 0 Å². The highest BCUT2D eigenvalue weighted by Crippen LogP contribution is 2.38. The van der Waals surface area contributed by atoms with Gasteiger partial charge in [0, 0.05) is 56.5 Å². The van der Waals surface area contributed by atoms with Crippen molar-refractivity contribution in [1.82, 2.24) is 15.5 Å². The van der Waals surface area contributed by atoms with E-state index in [4.69, 9.17) is 14.5 Å². The summed E-state index contributed by atoms with van der Waals surface area (Å²) in [5.74, 6) is 1.06. The Hall–Kier alpha value is -1.63. The molecular weight excluding hydrogens is 376 g/mol. The molecule has 166 valence electrons. The van der Waals surface area contributed by atoms with Crippen molar-refractivity contribution in [3.05, 3.63) is 35.9 Å². The summed E-state index contributed by atoms with van der Waals surface area (Å²) < 4.78 is 11.4. The van der Waals surface area contributed by atoms with Crippen LogP contribution in [0.4, 0.5) is 0 Å². The van der Waals surface area contributed by atoms with Crippen LogP contribution in [0.15, 0.2) is 35.3 Å². The third kappa shape index (κ3) is 4.98. The highest BCUT2D eigenvalue weighted by Gasteiger charge is 2.42. The SMILES string of the molecule is CCNC(=NCC1(NC(C)c2ccccc2)CCOCC1)N1CCC2(CCOC2)C1. The lowest BCUT2D eigenvalue weighted by Crippen LogP contribution is -2.53. The van der Waals surface area contributed by atoms with Crippen LogP contribution in [0.5, 0.6) is 0 Å². The molecule has 0 aromatic heterocycles. The predicted molar refractivity (Wildman–Crippen MR) is 121 cm³/mol. The van der Waals surface area contributed by atoms with Crippen molar-refractivity contribution in [2.75, 3.05) is 52.6 Å². The molecule has 30 heavy (non-hydrogen) atoms. The van der Waals surface area contributed by atoms with Crippen LogP contribution in [-0.2, 0) is 9.47 Å². The van der Waals surface area contributed by atoms with Crippen LogP contribution in [-0.4, -0.2) is 69.0 Å². The van der Waals surface area contributed by atoms with Gasteiger partial charge in [0.15, 0.2) is 5.96 Å². The van der Waals surface area contributed by atoms with Gasteiger partial charge in [-0.05, 0) is 45.1 Å². The zero-order chi connectivity index (χ0) is 20.9. The molecule has 6 nitrogen and oxygen atoms in total. The van der Waals surface area contributed by atoms with Gasteiger partial charge in [0.05, 0.1) is 13.2 Å². The molecule has 0 saturated carbocycles. The molecule has 0 aliphatic carbocycles. The van der Waals surface area contributed by atoms with Gasteiger partial charge in [0.25, 0.3) is 0 Å². The minimum Gasteiger partial charge on any atom is -0.381 e. The van der Waals surface area contributed by atoms with Crippen molar-refractivity contribution in [2.45, 2.75) is 51.1 Å². The third-order valence-electron chi connectivity index (χ3n) is 7.06. The average molecular weight is 415 g/mol. The van der Waals surface area contributed by atoms with E-state index in [2.05, 4.69) is 59.7 Å². The Kier molecular flexibility index (Phi) is 6.96. The summed E-state index contributed by atoms with van der Waals surface area (Å²) in [4.78, 5) is 7.62. The number of hydrogen-bond donors (Lipinski definition) is 2. The molecule has 2 atom stereocenters. The maximum absolute atomic E-state index is 5.72. The molecule has 3 fully saturated rings. The standard InChI is InChI=1S/C24H38N4O2/c1-3-25-22(28-13-9-23(18-28)10-14-30-19-23)26-17-24(11-15-29-16-12-24)27-20(2)21-7-5-4-6-8-21/h4-8,20,27H,3,9-19H2,1-2H3,(H,25,26). The summed E-state index contributed by atoms with van der Waals surface area (Å²) in [7, 11) is 0. The van der Waals surface area contributed by atoms with Crippen LogP contribution in [0.1, 0.15) is 51.1 Å². The van der Waals surface area contributed by atoms with Crippen LogP contribution in [0, 0.1) is 5.41 Å². The Labute approximate surface area is 181 Å². The number of benzene rings is 1. The zero-order valence-corrected chi connectivity index (χ0v) is 18.7. The van der Waals surface area contributed by atoms with Gasteiger partial charge in [-0.25, -0.2) is 0 Å². The van der Waals surface area contributed by atoms with E-state index in [1.807, 2.05) is 0 Å².